The maximum atomic E-state index is 13.7. The number of para-hydroxylation sites is 1. The lowest BCUT2D eigenvalue weighted by atomic mass is 9.98. The van der Waals surface area contributed by atoms with Gasteiger partial charge in [0, 0.05) is 50.5 Å². The van der Waals surface area contributed by atoms with Gasteiger partial charge in [0.25, 0.3) is 0 Å². The third kappa shape index (κ3) is 6.13. The Hall–Kier alpha value is -3.92. The molecule has 5 rings (SSSR count). The van der Waals surface area contributed by atoms with E-state index in [1.54, 1.807) is 11.0 Å². The number of urea groups is 1. The van der Waals surface area contributed by atoms with Crippen molar-refractivity contribution in [3.05, 3.63) is 95.7 Å². The van der Waals surface area contributed by atoms with Gasteiger partial charge in [-0.05, 0) is 30.5 Å². The molecule has 2 aliphatic rings. The summed E-state index contributed by atoms with van der Waals surface area (Å²) < 4.78 is 43.3. The number of allylic oxidation sites excluding steroid dienone is 3. The number of halogens is 3. The highest BCUT2D eigenvalue weighted by Crippen LogP contribution is 2.32. The lowest BCUT2D eigenvalue weighted by Crippen LogP contribution is -2.53. The van der Waals surface area contributed by atoms with Crippen LogP contribution in [0.1, 0.15) is 30.2 Å². The summed E-state index contributed by atoms with van der Waals surface area (Å²) in [7, 11) is 0. The second-order valence-corrected chi connectivity index (χ2v) is 9.38. The number of rotatable bonds is 6. The fraction of sp³-hybridized carbons (Fsp3) is 0.321. The smallest absolute Gasteiger partial charge is 0.413 e. The normalized spacial score (nSPS) is 16.7. The van der Waals surface area contributed by atoms with E-state index in [2.05, 4.69) is 27.2 Å². The molecular formula is C28H28F3N5O2. The minimum atomic E-state index is -4.68. The Kier molecular flexibility index (Phi) is 7.59. The van der Waals surface area contributed by atoms with E-state index in [1.807, 2.05) is 59.5 Å². The first-order valence-corrected chi connectivity index (χ1v) is 12.5. The maximum Gasteiger partial charge on any atom is 0.470 e. The average molecular weight is 524 g/mol. The average Bonchev–Trinajstić information content (AvgIpc) is 3.45. The van der Waals surface area contributed by atoms with Crippen LogP contribution in [0.4, 0.5) is 23.7 Å². The van der Waals surface area contributed by atoms with Crippen LogP contribution in [-0.2, 0) is 12.7 Å². The van der Waals surface area contributed by atoms with Gasteiger partial charge in [-0.2, -0.15) is 13.2 Å². The van der Waals surface area contributed by atoms with E-state index in [-0.39, 0.29) is 11.9 Å². The number of aromatic nitrogens is 2. The predicted octanol–water partition coefficient (Wildman–Crippen LogP) is 5.64. The van der Waals surface area contributed by atoms with Gasteiger partial charge in [-0.15, -0.1) is 10.2 Å². The van der Waals surface area contributed by atoms with E-state index in [9.17, 15) is 18.0 Å². The van der Waals surface area contributed by atoms with Gasteiger partial charge in [-0.25, -0.2) is 4.79 Å². The third-order valence-corrected chi connectivity index (χ3v) is 6.73. The molecule has 38 heavy (non-hydrogen) atoms. The first-order chi connectivity index (χ1) is 18.4. The van der Waals surface area contributed by atoms with Gasteiger partial charge in [-0.3, -0.25) is 9.80 Å². The minimum Gasteiger partial charge on any atom is -0.413 e. The minimum absolute atomic E-state index is 0.0574. The molecule has 2 aromatic carbocycles. The summed E-state index contributed by atoms with van der Waals surface area (Å²) >= 11 is 0. The molecule has 7 nitrogen and oxygen atoms in total. The van der Waals surface area contributed by atoms with E-state index in [4.69, 9.17) is 4.42 Å². The molecular weight excluding hydrogens is 495 g/mol. The molecule has 0 atom stereocenters. The van der Waals surface area contributed by atoms with Crippen LogP contribution in [0.25, 0.3) is 5.57 Å². The van der Waals surface area contributed by atoms with Gasteiger partial charge in [-0.1, -0.05) is 66.3 Å². The molecule has 0 spiro atoms. The van der Waals surface area contributed by atoms with Crippen molar-refractivity contribution < 1.29 is 22.4 Å². The summed E-state index contributed by atoms with van der Waals surface area (Å²) in [5, 5.41) is 6.66. The zero-order chi connectivity index (χ0) is 26.5. The third-order valence-electron chi connectivity index (χ3n) is 6.73. The summed E-state index contributed by atoms with van der Waals surface area (Å²) in [6.07, 6.45) is -0.137. The summed E-state index contributed by atoms with van der Waals surface area (Å²) in [5.74, 6) is -1.48. The Bertz CT molecular complexity index is 1300. The Morgan fingerprint density at radius 2 is 1.58 bits per heavy atom. The zero-order valence-corrected chi connectivity index (χ0v) is 20.8. The number of anilines is 1. The van der Waals surface area contributed by atoms with Gasteiger partial charge in [0.15, 0.2) is 0 Å². The van der Waals surface area contributed by atoms with Crippen molar-refractivity contribution >= 4 is 17.3 Å². The molecule has 1 aliphatic heterocycles. The second-order valence-electron chi connectivity index (χ2n) is 9.38. The topological polar surface area (TPSA) is 65.7 Å². The number of carbonyl (C=O) groups is 1. The fourth-order valence-electron chi connectivity index (χ4n) is 4.65. The molecule has 10 heteroatoms. The first kappa shape index (κ1) is 25.7. The van der Waals surface area contributed by atoms with Crippen molar-refractivity contribution in [2.75, 3.05) is 37.6 Å². The van der Waals surface area contributed by atoms with Gasteiger partial charge in [0.05, 0.1) is 0 Å². The van der Waals surface area contributed by atoms with E-state index in [0.717, 1.165) is 30.9 Å². The number of alkyl halides is 3. The van der Waals surface area contributed by atoms with Crippen LogP contribution in [0.2, 0.25) is 0 Å². The Morgan fingerprint density at radius 1 is 0.895 bits per heavy atom. The second kappa shape index (κ2) is 11.2. The molecule has 3 aromatic rings. The number of hydrogen-bond donors (Lipinski definition) is 0. The Balaban J connectivity index is 1.26. The van der Waals surface area contributed by atoms with Crippen LogP contribution < -0.4 is 4.90 Å². The molecule has 0 unspecified atom stereocenters. The fourth-order valence-corrected chi connectivity index (χ4v) is 4.65. The number of piperazine rings is 1. The van der Waals surface area contributed by atoms with Crippen molar-refractivity contribution in [2.24, 2.45) is 0 Å². The molecule has 2 heterocycles. The highest BCUT2D eigenvalue weighted by Gasteiger charge is 2.38. The monoisotopic (exact) mass is 523 g/mol. The highest BCUT2D eigenvalue weighted by molar-refractivity contribution is 5.92. The maximum absolute atomic E-state index is 13.7. The summed E-state index contributed by atoms with van der Waals surface area (Å²) in [6.45, 7) is 4.10. The van der Waals surface area contributed by atoms with E-state index in [1.165, 1.54) is 5.56 Å². The molecule has 1 saturated heterocycles. The van der Waals surface area contributed by atoms with E-state index in [0.29, 0.717) is 38.0 Å². The summed E-state index contributed by atoms with van der Waals surface area (Å²) in [4.78, 5) is 19.7. The number of nitrogens with zero attached hydrogens (tertiary/aromatic N) is 5. The number of amides is 2. The standard InChI is InChI=1S/C28H28F3N5O2/c29-28(30,31)26-33-32-25(38-26)23-13-11-22(12-14-23)20-36(24-9-5-2-6-10-24)27(37)35-17-15-34(16-18-35)19-21-7-3-1-4-8-21/h1-11,13H,12,14-20H2. The van der Waals surface area contributed by atoms with Crippen LogP contribution in [0.3, 0.4) is 0 Å². The quantitative estimate of drug-likeness (QED) is 0.419. The van der Waals surface area contributed by atoms with Gasteiger partial charge >= 0.3 is 18.1 Å². The van der Waals surface area contributed by atoms with Crippen LogP contribution in [0.15, 0.2) is 82.8 Å². The lowest BCUT2D eigenvalue weighted by Gasteiger charge is -2.38. The molecule has 1 fully saturated rings. The van der Waals surface area contributed by atoms with Crippen LogP contribution in [-0.4, -0.2) is 58.8 Å². The van der Waals surface area contributed by atoms with Crippen LogP contribution in [0.5, 0.6) is 0 Å². The molecule has 0 saturated carbocycles. The molecule has 1 aromatic heterocycles. The lowest BCUT2D eigenvalue weighted by molar-refractivity contribution is -0.157. The molecule has 1 aliphatic carbocycles. The summed E-state index contributed by atoms with van der Waals surface area (Å²) in [6, 6.07) is 19.8. The van der Waals surface area contributed by atoms with Gasteiger partial charge in [0.2, 0.25) is 5.89 Å². The first-order valence-electron chi connectivity index (χ1n) is 12.5. The summed E-state index contributed by atoms with van der Waals surface area (Å²) in [5.41, 5.74) is 3.59. The van der Waals surface area contributed by atoms with Crippen molar-refractivity contribution in [1.29, 1.82) is 0 Å². The number of carbonyl (C=O) groups excluding carboxylic acids is 1. The SMILES string of the molecule is O=C(N1CCN(Cc2ccccc2)CC1)N(CC1=CC=C(c2nnc(C(F)(F)F)o2)CC1)c1ccccc1. The molecule has 0 N–H and O–H groups in total. The number of hydrogen-bond acceptors (Lipinski definition) is 5. The zero-order valence-electron chi connectivity index (χ0n) is 20.8. The van der Waals surface area contributed by atoms with Crippen LogP contribution in [0, 0.1) is 0 Å². The largest absolute Gasteiger partial charge is 0.470 e. The van der Waals surface area contributed by atoms with Crippen LogP contribution >= 0.6 is 0 Å². The van der Waals surface area contributed by atoms with Gasteiger partial charge in [0.1, 0.15) is 0 Å². The number of benzene rings is 2. The Labute approximate surface area is 218 Å². The predicted molar refractivity (Wildman–Crippen MR) is 137 cm³/mol. The Morgan fingerprint density at radius 3 is 2.18 bits per heavy atom. The van der Waals surface area contributed by atoms with Crippen molar-refractivity contribution in [3.63, 3.8) is 0 Å². The molecule has 0 radical (unpaired) electrons. The van der Waals surface area contributed by atoms with E-state index >= 15 is 0 Å². The van der Waals surface area contributed by atoms with Crippen molar-refractivity contribution in [3.8, 4) is 0 Å². The molecule has 0 bridgehead atoms. The molecule has 198 valence electrons. The molecule has 2 amide bonds. The van der Waals surface area contributed by atoms with Gasteiger partial charge < -0.3 is 9.32 Å². The van der Waals surface area contributed by atoms with Crippen molar-refractivity contribution in [1.82, 2.24) is 20.0 Å². The van der Waals surface area contributed by atoms with Crippen molar-refractivity contribution in [2.45, 2.75) is 25.6 Å². The highest BCUT2D eigenvalue weighted by atomic mass is 19.4. The van der Waals surface area contributed by atoms with E-state index < -0.39 is 12.1 Å².